The van der Waals surface area contributed by atoms with Crippen molar-refractivity contribution in [1.82, 2.24) is 0 Å². The first-order valence-corrected chi connectivity index (χ1v) is 7.26. The minimum absolute atomic E-state index is 0.0598. The molecule has 1 N–H and O–H groups in total. The van der Waals surface area contributed by atoms with E-state index in [0.29, 0.717) is 6.61 Å². The van der Waals surface area contributed by atoms with Crippen LogP contribution < -0.4 is 10.1 Å². The molecule has 0 aliphatic heterocycles. The highest BCUT2D eigenvalue weighted by Crippen LogP contribution is 2.25. The first-order chi connectivity index (χ1) is 10.2. The minimum Gasteiger partial charge on any atom is -0.489 e. The highest BCUT2D eigenvalue weighted by Gasteiger charge is 2.06. The number of rotatable bonds is 6. The molecule has 2 aromatic rings. The van der Waals surface area contributed by atoms with E-state index in [0.717, 1.165) is 35.4 Å². The zero-order valence-corrected chi connectivity index (χ0v) is 12.6. The van der Waals surface area contributed by atoms with E-state index < -0.39 is 0 Å². The van der Waals surface area contributed by atoms with Crippen LogP contribution in [0.4, 0.5) is 5.69 Å². The summed E-state index contributed by atoms with van der Waals surface area (Å²) in [6.45, 7) is 4.20. The Bertz CT molecular complexity index is 593. The van der Waals surface area contributed by atoms with Crippen molar-refractivity contribution in [2.45, 2.75) is 33.3 Å². The topological polar surface area (TPSA) is 38.3 Å². The highest BCUT2D eigenvalue weighted by atomic mass is 16.5. The number of amides is 1. The molecule has 110 valence electrons. The molecule has 0 radical (unpaired) electrons. The standard InChI is InChI=1S/C18H21NO2/c1-3-7-16-12-17(19-14(2)20)10-11-18(16)21-13-15-8-5-4-6-9-15/h4-6,8-12H,3,7,13H2,1-2H3,(H,19,20). The van der Waals surface area contributed by atoms with Crippen molar-refractivity contribution in [3.05, 3.63) is 59.7 Å². The molecule has 0 unspecified atom stereocenters. The summed E-state index contributed by atoms with van der Waals surface area (Å²) in [7, 11) is 0. The summed E-state index contributed by atoms with van der Waals surface area (Å²) in [6.07, 6.45) is 1.96. The number of carbonyl (C=O) groups excluding carboxylic acids is 1. The average Bonchev–Trinajstić information content (AvgIpc) is 2.47. The number of nitrogens with one attached hydrogen (secondary N) is 1. The van der Waals surface area contributed by atoms with Crippen LogP contribution in [0.15, 0.2) is 48.5 Å². The third-order valence-electron chi connectivity index (χ3n) is 3.14. The van der Waals surface area contributed by atoms with Crippen LogP contribution in [-0.4, -0.2) is 5.91 Å². The first kappa shape index (κ1) is 15.1. The lowest BCUT2D eigenvalue weighted by atomic mass is 10.1. The summed E-state index contributed by atoms with van der Waals surface area (Å²) in [6, 6.07) is 15.9. The van der Waals surface area contributed by atoms with E-state index in [4.69, 9.17) is 4.74 Å². The van der Waals surface area contributed by atoms with Gasteiger partial charge in [0.2, 0.25) is 5.91 Å². The first-order valence-electron chi connectivity index (χ1n) is 7.26. The van der Waals surface area contributed by atoms with Gasteiger partial charge < -0.3 is 10.1 Å². The van der Waals surface area contributed by atoms with Crippen LogP contribution >= 0.6 is 0 Å². The fraction of sp³-hybridized carbons (Fsp3) is 0.278. The SMILES string of the molecule is CCCc1cc(NC(C)=O)ccc1OCc1ccccc1. The Morgan fingerprint density at radius 1 is 1.14 bits per heavy atom. The molecule has 21 heavy (non-hydrogen) atoms. The molecule has 0 fully saturated rings. The number of hydrogen-bond donors (Lipinski definition) is 1. The van der Waals surface area contributed by atoms with E-state index in [9.17, 15) is 4.79 Å². The van der Waals surface area contributed by atoms with Gasteiger partial charge in [-0.1, -0.05) is 43.7 Å². The number of hydrogen-bond acceptors (Lipinski definition) is 2. The molecular weight excluding hydrogens is 262 g/mol. The summed E-state index contributed by atoms with van der Waals surface area (Å²) >= 11 is 0. The molecule has 0 heterocycles. The van der Waals surface area contributed by atoms with Gasteiger partial charge >= 0.3 is 0 Å². The number of ether oxygens (including phenoxy) is 1. The fourth-order valence-corrected chi connectivity index (χ4v) is 2.20. The predicted octanol–water partition coefficient (Wildman–Crippen LogP) is 4.18. The van der Waals surface area contributed by atoms with Gasteiger partial charge in [0.25, 0.3) is 0 Å². The van der Waals surface area contributed by atoms with Gasteiger partial charge in [0.1, 0.15) is 12.4 Å². The van der Waals surface area contributed by atoms with Crippen molar-refractivity contribution in [1.29, 1.82) is 0 Å². The van der Waals surface area contributed by atoms with Crippen molar-refractivity contribution in [3.8, 4) is 5.75 Å². The van der Waals surface area contributed by atoms with Gasteiger partial charge in [-0.3, -0.25) is 4.79 Å². The van der Waals surface area contributed by atoms with E-state index in [1.165, 1.54) is 6.92 Å². The quantitative estimate of drug-likeness (QED) is 0.863. The maximum absolute atomic E-state index is 11.1. The lowest BCUT2D eigenvalue weighted by Gasteiger charge is -2.13. The van der Waals surface area contributed by atoms with Crippen molar-refractivity contribution in [2.75, 3.05) is 5.32 Å². The van der Waals surface area contributed by atoms with E-state index >= 15 is 0 Å². The zero-order valence-electron chi connectivity index (χ0n) is 12.6. The van der Waals surface area contributed by atoms with Crippen LogP contribution in [0.2, 0.25) is 0 Å². The average molecular weight is 283 g/mol. The molecule has 2 rings (SSSR count). The zero-order chi connectivity index (χ0) is 15.1. The van der Waals surface area contributed by atoms with Crippen molar-refractivity contribution >= 4 is 11.6 Å². The third-order valence-corrected chi connectivity index (χ3v) is 3.14. The largest absolute Gasteiger partial charge is 0.489 e. The molecule has 1 amide bonds. The second-order valence-electron chi connectivity index (χ2n) is 5.03. The van der Waals surface area contributed by atoms with E-state index in [2.05, 4.69) is 12.2 Å². The highest BCUT2D eigenvalue weighted by molar-refractivity contribution is 5.88. The van der Waals surface area contributed by atoms with Gasteiger partial charge in [-0.25, -0.2) is 0 Å². The molecule has 0 aliphatic rings. The van der Waals surface area contributed by atoms with Crippen molar-refractivity contribution < 1.29 is 9.53 Å². The Morgan fingerprint density at radius 3 is 2.57 bits per heavy atom. The number of anilines is 1. The molecule has 3 nitrogen and oxygen atoms in total. The Balaban J connectivity index is 2.12. The van der Waals surface area contributed by atoms with Crippen LogP contribution in [-0.2, 0) is 17.8 Å². The monoisotopic (exact) mass is 283 g/mol. The van der Waals surface area contributed by atoms with Crippen LogP contribution in [0.5, 0.6) is 5.75 Å². The summed E-state index contributed by atoms with van der Waals surface area (Å²) in [5.41, 5.74) is 3.09. The van der Waals surface area contributed by atoms with Crippen LogP contribution in [0.3, 0.4) is 0 Å². The van der Waals surface area contributed by atoms with Crippen LogP contribution in [0, 0.1) is 0 Å². The smallest absolute Gasteiger partial charge is 0.221 e. The Labute approximate surface area is 126 Å². The van der Waals surface area contributed by atoms with Crippen LogP contribution in [0.1, 0.15) is 31.4 Å². The van der Waals surface area contributed by atoms with E-state index in [-0.39, 0.29) is 5.91 Å². The van der Waals surface area contributed by atoms with Gasteiger partial charge in [0, 0.05) is 12.6 Å². The molecule has 0 atom stereocenters. The summed E-state index contributed by atoms with van der Waals surface area (Å²) < 4.78 is 5.92. The molecule has 2 aromatic carbocycles. The summed E-state index contributed by atoms with van der Waals surface area (Å²) in [5, 5.41) is 2.81. The molecule has 0 bridgehead atoms. The lowest BCUT2D eigenvalue weighted by molar-refractivity contribution is -0.114. The predicted molar refractivity (Wildman–Crippen MR) is 85.5 cm³/mol. The molecule has 0 saturated heterocycles. The maximum atomic E-state index is 11.1. The van der Waals surface area contributed by atoms with Gasteiger partial charge in [-0.05, 0) is 35.7 Å². The minimum atomic E-state index is -0.0598. The Morgan fingerprint density at radius 2 is 1.90 bits per heavy atom. The normalized spacial score (nSPS) is 10.2. The Hall–Kier alpha value is -2.29. The lowest BCUT2D eigenvalue weighted by Crippen LogP contribution is -2.06. The molecule has 0 aliphatic carbocycles. The number of aryl methyl sites for hydroxylation is 1. The molecule has 0 spiro atoms. The van der Waals surface area contributed by atoms with Crippen molar-refractivity contribution in [2.24, 2.45) is 0 Å². The number of benzene rings is 2. The van der Waals surface area contributed by atoms with Gasteiger partial charge in [-0.15, -0.1) is 0 Å². The second-order valence-corrected chi connectivity index (χ2v) is 5.03. The summed E-state index contributed by atoms with van der Waals surface area (Å²) in [5.74, 6) is 0.824. The maximum Gasteiger partial charge on any atom is 0.221 e. The summed E-state index contributed by atoms with van der Waals surface area (Å²) in [4.78, 5) is 11.1. The molecule has 3 heteroatoms. The van der Waals surface area contributed by atoms with Gasteiger partial charge in [-0.2, -0.15) is 0 Å². The van der Waals surface area contributed by atoms with E-state index in [1.807, 2.05) is 48.5 Å². The third kappa shape index (κ3) is 4.63. The van der Waals surface area contributed by atoms with E-state index in [1.54, 1.807) is 0 Å². The second kappa shape index (κ2) is 7.48. The molecule has 0 saturated carbocycles. The molecule has 0 aromatic heterocycles. The molecular formula is C18H21NO2. The number of carbonyl (C=O) groups is 1. The van der Waals surface area contributed by atoms with Gasteiger partial charge in [0.05, 0.1) is 0 Å². The fourth-order valence-electron chi connectivity index (χ4n) is 2.20. The Kier molecular flexibility index (Phi) is 5.38. The van der Waals surface area contributed by atoms with Crippen molar-refractivity contribution in [3.63, 3.8) is 0 Å². The van der Waals surface area contributed by atoms with Crippen LogP contribution in [0.25, 0.3) is 0 Å². The van der Waals surface area contributed by atoms with Gasteiger partial charge in [0.15, 0.2) is 0 Å².